The molecule has 1 spiro atoms. The summed E-state index contributed by atoms with van der Waals surface area (Å²) in [6.45, 7) is 3.46. The number of hydrogen-bond acceptors (Lipinski definition) is 5. The number of piperidine rings is 1. The first kappa shape index (κ1) is 26.6. The van der Waals surface area contributed by atoms with Crippen LogP contribution in [0.25, 0.3) is 0 Å². The van der Waals surface area contributed by atoms with Crippen LogP contribution < -0.4 is 9.62 Å². The molecule has 10 heteroatoms. The van der Waals surface area contributed by atoms with Crippen LogP contribution in [0.3, 0.4) is 0 Å². The third-order valence-electron chi connectivity index (χ3n) is 8.53. The quantitative estimate of drug-likeness (QED) is 0.429. The van der Waals surface area contributed by atoms with Crippen molar-refractivity contribution in [2.24, 2.45) is 5.41 Å². The van der Waals surface area contributed by atoms with E-state index >= 15 is 0 Å². The molecule has 1 aliphatic carbocycles. The van der Waals surface area contributed by atoms with Crippen molar-refractivity contribution in [1.82, 2.24) is 14.6 Å². The maximum absolute atomic E-state index is 13.6. The number of carbonyl (C=O) groups excluding carboxylic acids is 1. The lowest BCUT2D eigenvalue weighted by atomic mass is 9.77. The maximum Gasteiger partial charge on any atom is 0.253 e. The summed E-state index contributed by atoms with van der Waals surface area (Å²) in [6.07, 6.45) is 8.13. The number of aromatic nitrogens is 1. The van der Waals surface area contributed by atoms with E-state index in [2.05, 4.69) is 14.6 Å². The van der Waals surface area contributed by atoms with Crippen molar-refractivity contribution in [3.8, 4) is 0 Å². The second kappa shape index (κ2) is 10.4. The van der Waals surface area contributed by atoms with Gasteiger partial charge in [0.15, 0.2) is 0 Å². The van der Waals surface area contributed by atoms with Gasteiger partial charge in [-0.05, 0) is 91.1 Å². The number of fused-ring (bicyclic) bond motifs is 1. The minimum absolute atomic E-state index is 0.0117. The van der Waals surface area contributed by atoms with Gasteiger partial charge in [0, 0.05) is 60.9 Å². The van der Waals surface area contributed by atoms with Gasteiger partial charge in [0.2, 0.25) is 10.0 Å². The molecule has 3 heterocycles. The molecule has 2 fully saturated rings. The molecule has 0 saturated carbocycles. The minimum atomic E-state index is -3.90. The Balaban J connectivity index is 1.14. The lowest BCUT2D eigenvalue weighted by molar-refractivity contribution is 0.0764. The number of nitrogens with zero attached hydrogens (tertiary/aromatic N) is 3. The summed E-state index contributed by atoms with van der Waals surface area (Å²) in [6, 6.07) is 13.8. The van der Waals surface area contributed by atoms with Crippen LogP contribution in [-0.2, 0) is 16.4 Å². The van der Waals surface area contributed by atoms with Crippen LogP contribution >= 0.6 is 23.2 Å². The van der Waals surface area contributed by atoms with Crippen molar-refractivity contribution in [1.29, 1.82) is 0 Å². The first-order chi connectivity index (χ1) is 18.7. The topological polar surface area (TPSA) is 82.6 Å². The first-order valence-corrected chi connectivity index (χ1v) is 15.5. The van der Waals surface area contributed by atoms with Gasteiger partial charge in [-0.3, -0.25) is 9.78 Å². The smallest absolute Gasteiger partial charge is 0.253 e. The number of aryl methyl sites for hydroxylation is 1. The van der Waals surface area contributed by atoms with Gasteiger partial charge in [0.1, 0.15) is 4.90 Å². The Morgan fingerprint density at radius 3 is 2.49 bits per heavy atom. The maximum atomic E-state index is 13.6. The number of likely N-dealkylation sites (tertiary alicyclic amines) is 1. The third kappa shape index (κ3) is 5.27. The van der Waals surface area contributed by atoms with E-state index in [0.717, 1.165) is 63.0 Å². The Morgan fingerprint density at radius 2 is 1.72 bits per heavy atom. The molecule has 1 amide bonds. The van der Waals surface area contributed by atoms with E-state index in [1.807, 2.05) is 47.6 Å². The Hall–Kier alpha value is -2.65. The fourth-order valence-electron chi connectivity index (χ4n) is 6.28. The fraction of sp³-hybridized carbons (Fsp3) is 0.379. The van der Waals surface area contributed by atoms with Crippen molar-refractivity contribution in [3.63, 3.8) is 0 Å². The summed E-state index contributed by atoms with van der Waals surface area (Å²) < 4.78 is 29.1. The van der Waals surface area contributed by atoms with Crippen molar-refractivity contribution >= 4 is 44.8 Å². The zero-order chi connectivity index (χ0) is 27.2. The van der Waals surface area contributed by atoms with E-state index in [9.17, 15) is 13.2 Å². The highest BCUT2D eigenvalue weighted by Gasteiger charge is 2.42. The summed E-state index contributed by atoms with van der Waals surface area (Å²) in [5, 5.41) is 0.412. The molecule has 204 valence electrons. The molecule has 1 N–H and O–H groups in total. The van der Waals surface area contributed by atoms with Gasteiger partial charge in [-0.2, -0.15) is 0 Å². The predicted octanol–water partition coefficient (Wildman–Crippen LogP) is 5.49. The second-order valence-corrected chi connectivity index (χ2v) is 13.4. The minimum Gasteiger partial charge on any atom is -0.371 e. The predicted molar refractivity (Wildman–Crippen MR) is 153 cm³/mol. The van der Waals surface area contributed by atoms with E-state index in [-0.39, 0.29) is 21.2 Å². The molecule has 39 heavy (non-hydrogen) atoms. The Labute approximate surface area is 239 Å². The average Bonchev–Trinajstić information content (AvgIpc) is 3.54. The molecule has 3 aliphatic rings. The number of halogens is 2. The molecular weight excluding hydrogens is 555 g/mol. The van der Waals surface area contributed by atoms with Gasteiger partial charge in [0.05, 0.1) is 5.02 Å². The normalized spacial score (nSPS) is 20.4. The van der Waals surface area contributed by atoms with Crippen LogP contribution in [0.1, 0.15) is 53.2 Å². The monoisotopic (exact) mass is 584 g/mol. The van der Waals surface area contributed by atoms with E-state index in [0.29, 0.717) is 17.0 Å². The van der Waals surface area contributed by atoms with Crippen LogP contribution in [0.15, 0.2) is 65.8 Å². The molecule has 2 aromatic carbocycles. The molecule has 2 saturated heterocycles. The lowest BCUT2D eigenvalue weighted by Gasteiger charge is -2.40. The van der Waals surface area contributed by atoms with Gasteiger partial charge in [-0.15, -0.1) is 0 Å². The number of sulfonamides is 1. The molecule has 3 aromatic rings. The molecule has 1 aromatic heterocycles. The van der Waals surface area contributed by atoms with E-state index in [4.69, 9.17) is 23.2 Å². The van der Waals surface area contributed by atoms with Gasteiger partial charge >= 0.3 is 0 Å². The number of nitrogens with one attached hydrogen (secondary N) is 1. The van der Waals surface area contributed by atoms with Gasteiger partial charge in [0.25, 0.3) is 5.91 Å². The van der Waals surface area contributed by atoms with E-state index in [1.54, 1.807) is 6.07 Å². The summed E-state index contributed by atoms with van der Waals surface area (Å²) in [5.74, 6) is 0.0117. The summed E-state index contributed by atoms with van der Waals surface area (Å²) in [7, 11) is -3.90. The van der Waals surface area contributed by atoms with Crippen LogP contribution in [0.5, 0.6) is 0 Å². The van der Waals surface area contributed by atoms with Gasteiger partial charge in [-0.25, -0.2) is 13.1 Å². The number of pyridine rings is 1. The molecule has 0 radical (unpaired) electrons. The number of rotatable bonds is 5. The van der Waals surface area contributed by atoms with Crippen LogP contribution in [0.4, 0.5) is 5.69 Å². The molecular formula is C29H30Cl2N4O3S. The van der Waals surface area contributed by atoms with Crippen molar-refractivity contribution in [2.75, 3.05) is 31.1 Å². The molecule has 7 nitrogen and oxygen atoms in total. The molecule has 0 unspecified atom stereocenters. The number of carbonyl (C=O) groups is 1. The zero-order valence-corrected chi connectivity index (χ0v) is 23.8. The highest BCUT2D eigenvalue weighted by molar-refractivity contribution is 7.89. The third-order valence-corrected chi connectivity index (χ3v) is 10.7. The van der Waals surface area contributed by atoms with Crippen molar-refractivity contribution in [2.45, 2.75) is 43.0 Å². The van der Waals surface area contributed by atoms with E-state index < -0.39 is 16.1 Å². The van der Waals surface area contributed by atoms with Crippen molar-refractivity contribution in [3.05, 3.63) is 87.7 Å². The Bertz CT molecular complexity index is 1510. The molecule has 0 bridgehead atoms. The number of anilines is 1. The molecule has 1 atom stereocenters. The number of amides is 1. The highest BCUT2D eigenvalue weighted by Crippen LogP contribution is 2.42. The number of hydrogen-bond donors (Lipinski definition) is 1. The summed E-state index contributed by atoms with van der Waals surface area (Å²) in [5.41, 5.74) is 3.86. The summed E-state index contributed by atoms with van der Waals surface area (Å²) in [4.78, 5) is 22.0. The second-order valence-electron chi connectivity index (χ2n) is 10.9. The zero-order valence-electron chi connectivity index (χ0n) is 21.4. The van der Waals surface area contributed by atoms with Crippen molar-refractivity contribution < 1.29 is 13.2 Å². The standard InChI is InChI=1S/C29H30Cl2N4O3S/c30-22-4-5-25(31)27(18-22)39(37,38)33-26-6-3-20-1-2-21(17-24(20)26)28(36)35-16-11-29(19-35)9-14-34(15-10-29)23-7-12-32-13-8-23/h1-2,4-5,7-8,12-13,17-18,26,33H,3,6,9-11,14-16,19H2/t26-/m1/s1. The lowest BCUT2D eigenvalue weighted by Crippen LogP contribution is -2.42. The Kier molecular flexibility index (Phi) is 7.08. The molecule has 2 aliphatic heterocycles. The Morgan fingerprint density at radius 1 is 0.974 bits per heavy atom. The first-order valence-electron chi connectivity index (χ1n) is 13.3. The van der Waals surface area contributed by atoms with Crippen LogP contribution in [0.2, 0.25) is 10.0 Å². The highest BCUT2D eigenvalue weighted by atomic mass is 35.5. The van der Waals surface area contributed by atoms with Crippen LogP contribution in [-0.4, -0.2) is 50.4 Å². The summed E-state index contributed by atoms with van der Waals surface area (Å²) >= 11 is 12.2. The van der Waals surface area contributed by atoms with Crippen LogP contribution in [0, 0.1) is 5.41 Å². The fourth-order valence-corrected chi connectivity index (χ4v) is 8.30. The largest absolute Gasteiger partial charge is 0.371 e. The van der Waals surface area contributed by atoms with E-state index in [1.165, 1.54) is 17.8 Å². The average molecular weight is 586 g/mol. The number of benzene rings is 2. The SMILES string of the molecule is O=C(c1ccc2c(c1)[C@H](NS(=O)(=O)c1cc(Cl)ccc1Cl)CC2)N1CCC2(CCN(c3ccncc3)CC2)C1. The molecule has 6 rings (SSSR count). The van der Waals surface area contributed by atoms with Gasteiger partial charge < -0.3 is 9.80 Å². The van der Waals surface area contributed by atoms with Gasteiger partial charge in [-0.1, -0.05) is 29.3 Å².